The van der Waals surface area contributed by atoms with Crippen LogP contribution in [0.3, 0.4) is 0 Å². The number of carbonyl (C=O) groups excluding carboxylic acids is 2. The van der Waals surface area contributed by atoms with Gasteiger partial charge in [0.2, 0.25) is 5.91 Å². The highest BCUT2D eigenvalue weighted by Crippen LogP contribution is 2.30. The molecule has 2 aromatic rings. The lowest BCUT2D eigenvalue weighted by molar-refractivity contribution is -0.137. The molecule has 0 aromatic heterocycles. The zero-order valence-corrected chi connectivity index (χ0v) is 13.6. The lowest BCUT2D eigenvalue weighted by Crippen LogP contribution is -2.43. The summed E-state index contributed by atoms with van der Waals surface area (Å²) in [6.07, 6.45) is -4.07. The number of carbonyl (C=O) groups is 2. The van der Waals surface area contributed by atoms with Crippen LogP contribution in [-0.2, 0) is 11.0 Å². The van der Waals surface area contributed by atoms with Crippen molar-refractivity contribution in [2.24, 2.45) is 0 Å². The molecule has 136 valence electrons. The van der Waals surface area contributed by atoms with Gasteiger partial charge in [-0.15, -0.1) is 0 Å². The van der Waals surface area contributed by atoms with Crippen LogP contribution in [0, 0.1) is 0 Å². The van der Waals surface area contributed by atoms with Crippen molar-refractivity contribution in [2.45, 2.75) is 18.6 Å². The smallest absolute Gasteiger partial charge is 0.326 e. The summed E-state index contributed by atoms with van der Waals surface area (Å²) in [7, 11) is 0. The predicted molar refractivity (Wildman–Crippen MR) is 90.8 cm³/mol. The van der Waals surface area contributed by atoms with E-state index >= 15 is 0 Å². The van der Waals surface area contributed by atoms with Crippen LogP contribution < -0.4 is 15.5 Å². The number of hydrogen-bond acceptors (Lipinski definition) is 2. The molecule has 0 bridgehead atoms. The Balaban J connectivity index is 1.62. The maximum atomic E-state index is 12.7. The molecule has 0 spiro atoms. The van der Waals surface area contributed by atoms with Gasteiger partial charge >= 0.3 is 12.2 Å². The van der Waals surface area contributed by atoms with Crippen molar-refractivity contribution in [3.63, 3.8) is 0 Å². The van der Waals surface area contributed by atoms with Gasteiger partial charge < -0.3 is 15.5 Å². The molecule has 1 heterocycles. The fourth-order valence-corrected chi connectivity index (χ4v) is 2.78. The van der Waals surface area contributed by atoms with E-state index in [1.807, 2.05) is 18.2 Å². The Kier molecular flexibility index (Phi) is 4.83. The second kappa shape index (κ2) is 7.07. The quantitative estimate of drug-likeness (QED) is 0.875. The van der Waals surface area contributed by atoms with Gasteiger partial charge in [0.25, 0.3) is 0 Å². The minimum absolute atomic E-state index is 0.00249. The van der Waals surface area contributed by atoms with E-state index in [2.05, 4.69) is 10.6 Å². The highest BCUT2D eigenvalue weighted by Gasteiger charge is 2.34. The van der Waals surface area contributed by atoms with E-state index in [4.69, 9.17) is 0 Å². The first kappa shape index (κ1) is 17.8. The number of amides is 3. The predicted octanol–water partition coefficient (Wildman–Crippen LogP) is 3.63. The van der Waals surface area contributed by atoms with Crippen molar-refractivity contribution >= 4 is 23.3 Å². The molecule has 0 unspecified atom stereocenters. The SMILES string of the molecule is O=C(Nc1cccc(C(F)(F)F)c1)N[C@H]1CCN(c2ccccc2)C1=O. The van der Waals surface area contributed by atoms with Crippen LogP contribution in [0.5, 0.6) is 0 Å². The van der Waals surface area contributed by atoms with Crippen LogP contribution in [0.2, 0.25) is 0 Å². The minimum atomic E-state index is -4.49. The molecule has 1 saturated heterocycles. The first-order valence-electron chi connectivity index (χ1n) is 7.96. The van der Waals surface area contributed by atoms with Crippen LogP contribution in [-0.4, -0.2) is 24.5 Å². The van der Waals surface area contributed by atoms with Crippen molar-refractivity contribution in [3.05, 3.63) is 60.2 Å². The Bertz CT molecular complexity index is 809. The number of benzene rings is 2. The van der Waals surface area contributed by atoms with E-state index in [9.17, 15) is 22.8 Å². The molecule has 1 atom stereocenters. The van der Waals surface area contributed by atoms with E-state index in [0.29, 0.717) is 13.0 Å². The van der Waals surface area contributed by atoms with Gasteiger partial charge in [0.15, 0.2) is 0 Å². The second-order valence-corrected chi connectivity index (χ2v) is 5.84. The summed E-state index contributed by atoms with van der Waals surface area (Å²) in [5.74, 6) is -0.254. The molecule has 3 amide bonds. The molecule has 5 nitrogen and oxygen atoms in total. The number of hydrogen-bond donors (Lipinski definition) is 2. The maximum absolute atomic E-state index is 12.7. The van der Waals surface area contributed by atoms with Gasteiger partial charge in [0, 0.05) is 17.9 Å². The number of para-hydroxylation sites is 1. The molecule has 2 aromatic carbocycles. The zero-order valence-electron chi connectivity index (χ0n) is 13.6. The Labute approximate surface area is 147 Å². The summed E-state index contributed by atoms with van der Waals surface area (Å²) in [4.78, 5) is 26.0. The number of urea groups is 1. The molecule has 2 N–H and O–H groups in total. The van der Waals surface area contributed by atoms with Crippen molar-refractivity contribution in [3.8, 4) is 0 Å². The third kappa shape index (κ3) is 3.96. The van der Waals surface area contributed by atoms with Gasteiger partial charge in [0.1, 0.15) is 6.04 Å². The molecule has 1 aliphatic rings. The topological polar surface area (TPSA) is 61.4 Å². The van der Waals surface area contributed by atoms with Crippen LogP contribution in [0.15, 0.2) is 54.6 Å². The van der Waals surface area contributed by atoms with E-state index < -0.39 is 23.8 Å². The average Bonchev–Trinajstić information content (AvgIpc) is 2.96. The Morgan fingerprint density at radius 1 is 1.08 bits per heavy atom. The van der Waals surface area contributed by atoms with Gasteiger partial charge in [-0.05, 0) is 36.8 Å². The van der Waals surface area contributed by atoms with Crippen molar-refractivity contribution in [1.82, 2.24) is 5.32 Å². The van der Waals surface area contributed by atoms with E-state index in [0.717, 1.165) is 17.8 Å². The van der Waals surface area contributed by atoms with Gasteiger partial charge in [-0.2, -0.15) is 13.2 Å². The number of rotatable bonds is 3. The molecule has 1 aliphatic heterocycles. The first-order valence-corrected chi connectivity index (χ1v) is 7.96. The van der Waals surface area contributed by atoms with Crippen molar-refractivity contribution < 1.29 is 22.8 Å². The van der Waals surface area contributed by atoms with Gasteiger partial charge in [0.05, 0.1) is 5.56 Å². The fourth-order valence-electron chi connectivity index (χ4n) is 2.78. The fraction of sp³-hybridized carbons (Fsp3) is 0.222. The molecule has 26 heavy (non-hydrogen) atoms. The van der Waals surface area contributed by atoms with E-state index in [1.165, 1.54) is 12.1 Å². The summed E-state index contributed by atoms with van der Waals surface area (Å²) >= 11 is 0. The largest absolute Gasteiger partial charge is 0.416 e. The number of anilines is 2. The van der Waals surface area contributed by atoms with Crippen molar-refractivity contribution in [1.29, 1.82) is 0 Å². The summed E-state index contributed by atoms with van der Waals surface area (Å²) in [6, 6.07) is 11.9. The van der Waals surface area contributed by atoms with Crippen LogP contribution in [0.4, 0.5) is 29.3 Å². The molecule has 1 fully saturated rings. The van der Waals surface area contributed by atoms with Crippen molar-refractivity contribution in [2.75, 3.05) is 16.8 Å². The molecule has 0 aliphatic carbocycles. The monoisotopic (exact) mass is 363 g/mol. The average molecular weight is 363 g/mol. The first-order chi connectivity index (χ1) is 12.3. The lowest BCUT2D eigenvalue weighted by atomic mass is 10.2. The maximum Gasteiger partial charge on any atom is 0.416 e. The van der Waals surface area contributed by atoms with Gasteiger partial charge in [-0.3, -0.25) is 4.79 Å². The number of nitrogens with one attached hydrogen (secondary N) is 2. The Hall–Kier alpha value is -3.03. The highest BCUT2D eigenvalue weighted by molar-refractivity contribution is 6.02. The number of halogens is 3. The molecular weight excluding hydrogens is 347 g/mol. The highest BCUT2D eigenvalue weighted by atomic mass is 19.4. The van der Waals surface area contributed by atoms with Crippen LogP contribution in [0.25, 0.3) is 0 Å². The summed E-state index contributed by atoms with van der Waals surface area (Å²) in [5.41, 5.74) is -0.120. The number of nitrogens with zero attached hydrogens (tertiary/aromatic N) is 1. The standard InChI is InChI=1S/C18H16F3N3O2/c19-18(20,21)12-5-4-6-13(11-12)22-17(26)23-15-9-10-24(16(15)25)14-7-2-1-3-8-14/h1-8,11,15H,9-10H2,(H2,22,23,26)/t15-/m0/s1. The van der Waals surface area contributed by atoms with Gasteiger partial charge in [-0.1, -0.05) is 24.3 Å². The van der Waals surface area contributed by atoms with Crippen LogP contribution >= 0.6 is 0 Å². The van der Waals surface area contributed by atoms with E-state index in [-0.39, 0.29) is 11.6 Å². The molecule has 0 saturated carbocycles. The third-order valence-electron chi connectivity index (χ3n) is 4.03. The normalized spacial score (nSPS) is 17.3. The summed E-state index contributed by atoms with van der Waals surface area (Å²) in [6.45, 7) is 0.456. The van der Waals surface area contributed by atoms with Gasteiger partial charge in [-0.25, -0.2) is 4.79 Å². The number of alkyl halides is 3. The summed E-state index contributed by atoms with van der Waals surface area (Å²) in [5, 5.41) is 4.85. The molecular formula is C18H16F3N3O2. The lowest BCUT2D eigenvalue weighted by Gasteiger charge is -2.17. The van der Waals surface area contributed by atoms with Crippen LogP contribution in [0.1, 0.15) is 12.0 Å². The second-order valence-electron chi connectivity index (χ2n) is 5.84. The zero-order chi connectivity index (χ0) is 18.7. The minimum Gasteiger partial charge on any atom is -0.326 e. The molecule has 0 radical (unpaired) electrons. The molecule has 3 rings (SSSR count). The molecule has 8 heteroatoms. The third-order valence-corrected chi connectivity index (χ3v) is 4.03. The van der Waals surface area contributed by atoms with E-state index in [1.54, 1.807) is 17.0 Å². The summed E-state index contributed by atoms with van der Waals surface area (Å²) < 4.78 is 38.1. The Morgan fingerprint density at radius 3 is 2.50 bits per heavy atom. The Morgan fingerprint density at radius 2 is 1.81 bits per heavy atom.